The molecule has 102 valence electrons. The second kappa shape index (κ2) is 5.26. The average Bonchev–Trinajstić information content (AvgIpc) is 2.96. The van der Waals surface area contributed by atoms with Crippen molar-refractivity contribution in [1.29, 1.82) is 0 Å². The summed E-state index contributed by atoms with van der Waals surface area (Å²) in [7, 11) is 0. The lowest BCUT2D eigenvalue weighted by atomic mass is 10.2. The number of hydrogen-bond donors (Lipinski definition) is 2. The predicted molar refractivity (Wildman–Crippen MR) is 73.3 cm³/mol. The van der Waals surface area contributed by atoms with Crippen LogP contribution >= 0.6 is 0 Å². The first-order valence-corrected chi connectivity index (χ1v) is 6.46. The minimum Gasteiger partial charge on any atom is -0.318 e. The molecule has 6 nitrogen and oxygen atoms in total. The highest BCUT2D eigenvalue weighted by Gasteiger charge is 2.16. The Hall–Kier alpha value is -2.11. The minimum absolute atomic E-state index is 0.151. The van der Waals surface area contributed by atoms with Gasteiger partial charge in [-0.2, -0.15) is 10.2 Å². The van der Waals surface area contributed by atoms with Crippen molar-refractivity contribution in [2.45, 2.75) is 40.7 Å². The van der Waals surface area contributed by atoms with Crippen molar-refractivity contribution in [3.63, 3.8) is 0 Å². The van der Waals surface area contributed by atoms with E-state index in [0.717, 1.165) is 29.2 Å². The van der Waals surface area contributed by atoms with E-state index in [9.17, 15) is 4.79 Å². The summed E-state index contributed by atoms with van der Waals surface area (Å²) >= 11 is 0. The number of amides is 1. The molecular formula is C13H19N5O. The maximum absolute atomic E-state index is 12.3. The zero-order valence-electron chi connectivity index (χ0n) is 11.7. The lowest BCUT2D eigenvalue weighted by molar-refractivity contribution is 0.101. The molecule has 0 fully saturated rings. The summed E-state index contributed by atoms with van der Waals surface area (Å²) in [6, 6.07) is 1.84. The number of hydrogen-bond acceptors (Lipinski definition) is 3. The molecule has 0 aliphatic rings. The smallest absolute Gasteiger partial charge is 0.274 e. The molecule has 0 saturated carbocycles. The van der Waals surface area contributed by atoms with Crippen molar-refractivity contribution in [2.75, 3.05) is 5.32 Å². The SMILES string of the molecule is CCc1cc(C(=O)Nc2c(C)n[nH]c2C)n(CC)n1. The van der Waals surface area contributed by atoms with E-state index < -0.39 is 0 Å². The van der Waals surface area contributed by atoms with Crippen molar-refractivity contribution in [3.8, 4) is 0 Å². The molecule has 0 atom stereocenters. The fourth-order valence-electron chi connectivity index (χ4n) is 1.98. The van der Waals surface area contributed by atoms with Gasteiger partial charge >= 0.3 is 0 Å². The Morgan fingerprint density at radius 2 is 2.16 bits per heavy atom. The summed E-state index contributed by atoms with van der Waals surface area (Å²) in [4.78, 5) is 12.3. The second-order valence-electron chi connectivity index (χ2n) is 4.45. The van der Waals surface area contributed by atoms with E-state index in [1.807, 2.05) is 33.8 Å². The molecule has 2 heterocycles. The summed E-state index contributed by atoms with van der Waals surface area (Å²) < 4.78 is 1.72. The molecule has 2 rings (SSSR count). The van der Waals surface area contributed by atoms with Crippen molar-refractivity contribution in [1.82, 2.24) is 20.0 Å². The number of rotatable bonds is 4. The van der Waals surface area contributed by atoms with Gasteiger partial charge in [0.1, 0.15) is 5.69 Å². The summed E-state index contributed by atoms with van der Waals surface area (Å²) in [5.41, 5.74) is 3.88. The second-order valence-corrected chi connectivity index (χ2v) is 4.45. The minimum atomic E-state index is -0.151. The molecule has 2 aromatic rings. The van der Waals surface area contributed by atoms with Crippen LogP contribution in [0.25, 0.3) is 0 Å². The maximum Gasteiger partial charge on any atom is 0.274 e. The highest BCUT2D eigenvalue weighted by Crippen LogP contribution is 2.17. The largest absolute Gasteiger partial charge is 0.318 e. The van der Waals surface area contributed by atoms with Crippen LogP contribution < -0.4 is 5.32 Å². The molecule has 2 aromatic heterocycles. The normalized spacial score (nSPS) is 10.7. The maximum atomic E-state index is 12.3. The van der Waals surface area contributed by atoms with Crippen LogP contribution in [-0.2, 0) is 13.0 Å². The molecule has 1 amide bonds. The fraction of sp³-hybridized carbons (Fsp3) is 0.462. The number of nitrogens with zero attached hydrogens (tertiary/aromatic N) is 3. The third-order valence-corrected chi connectivity index (χ3v) is 3.09. The van der Waals surface area contributed by atoms with Gasteiger partial charge < -0.3 is 5.32 Å². The van der Waals surface area contributed by atoms with E-state index in [-0.39, 0.29) is 5.91 Å². The average molecular weight is 261 g/mol. The van der Waals surface area contributed by atoms with Crippen LogP contribution in [0.2, 0.25) is 0 Å². The molecule has 0 aliphatic heterocycles. The van der Waals surface area contributed by atoms with Gasteiger partial charge in [-0.3, -0.25) is 14.6 Å². The standard InChI is InChI=1S/C13H19N5O/c1-5-10-7-11(18(6-2)17-10)13(19)14-12-8(3)15-16-9(12)4/h7H,5-6H2,1-4H3,(H,14,19)(H,15,16). The van der Waals surface area contributed by atoms with Crippen LogP contribution in [0.4, 0.5) is 5.69 Å². The molecule has 0 aliphatic carbocycles. The zero-order chi connectivity index (χ0) is 14.0. The van der Waals surface area contributed by atoms with Crippen LogP contribution in [0.1, 0.15) is 41.4 Å². The Bertz CT molecular complexity index is 577. The van der Waals surface area contributed by atoms with E-state index in [2.05, 4.69) is 20.6 Å². The predicted octanol–water partition coefficient (Wildman–Crippen LogP) is 2.06. The first kappa shape index (κ1) is 13.3. The molecule has 0 saturated heterocycles. The van der Waals surface area contributed by atoms with Gasteiger partial charge in [-0.25, -0.2) is 0 Å². The van der Waals surface area contributed by atoms with E-state index in [1.165, 1.54) is 0 Å². The van der Waals surface area contributed by atoms with E-state index in [4.69, 9.17) is 0 Å². The van der Waals surface area contributed by atoms with Gasteiger partial charge in [0.2, 0.25) is 0 Å². The number of H-pyrrole nitrogens is 1. The van der Waals surface area contributed by atoms with E-state index in [1.54, 1.807) is 4.68 Å². The van der Waals surface area contributed by atoms with Gasteiger partial charge in [0.15, 0.2) is 0 Å². The topological polar surface area (TPSA) is 75.6 Å². The Morgan fingerprint density at radius 3 is 2.68 bits per heavy atom. The third kappa shape index (κ3) is 2.52. The van der Waals surface area contributed by atoms with Crippen LogP contribution in [-0.4, -0.2) is 25.9 Å². The first-order chi connectivity index (χ1) is 9.06. The molecule has 0 aromatic carbocycles. The molecular weight excluding hydrogens is 242 g/mol. The molecule has 6 heteroatoms. The number of aromatic nitrogens is 4. The Balaban J connectivity index is 2.27. The van der Waals surface area contributed by atoms with Gasteiger partial charge in [-0.1, -0.05) is 6.92 Å². The summed E-state index contributed by atoms with van der Waals surface area (Å²) in [6.45, 7) is 8.40. The van der Waals surface area contributed by atoms with Crippen LogP contribution in [0.15, 0.2) is 6.07 Å². The van der Waals surface area contributed by atoms with Crippen molar-refractivity contribution in [3.05, 3.63) is 28.8 Å². The molecule has 0 spiro atoms. The summed E-state index contributed by atoms with van der Waals surface area (Å²) in [5.74, 6) is -0.151. The van der Waals surface area contributed by atoms with Crippen LogP contribution in [0.3, 0.4) is 0 Å². The number of anilines is 1. The van der Waals surface area contributed by atoms with Crippen molar-refractivity contribution >= 4 is 11.6 Å². The Kier molecular flexibility index (Phi) is 3.69. The van der Waals surface area contributed by atoms with Crippen LogP contribution in [0, 0.1) is 13.8 Å². The lowest BCUT2D eigenvalue weighted by Crippen LogP contribution is -2.18. The molecule has 2 N–H and O–H groups in total. The Morgan fingerprint density at radius 1 is 1.42 bits per heavy atom. The van der Waals surface area contributed by atoms with Gasteiger partial charge in [-0.15, -0.1) is 0 Å². The first-order valence-electron chi connectivity index (χ1n) is 6.46. The molecule has 0 unspecified atom stereocenters. The molecule has 0 radical (unpaired) electrons. The van der Waals surface area contributed by atoms with E-state index >= 15 is 0 Å². The van der Waals surface area contributed by atoms with Gasteiger partial charge in [-0.05, 0) is 33.3 Å². The van der Waals surface area contributed by atoms with Crippen molar-refractivity contribution in [2.24, 2.45) is 0 Å². The van der Waals surface area contributed by atoms with E-state index in [0.29, 0.717) is 12.2 Å². The summed E-state index contributed by atoms with van der Waals surface area (Å²) in [5, 5.41) is 14.2. The quantitative estimate of drug-likeness (QED) is 0.884. The highest BCUT2D eigenvalue weighted by atomic mass is 16.2. The highest BCUT2D eigenvalue weighted by molar-refractivity contribution is 6.03. The van der Waals surface area contributed by atoms with Gasteiger partial charge in [0.25, 0.3) is 5.91 Å². The third-order valence-electron chi connectivity index (χ3n) is 3.09. The van der Waals surface area contributed by atoms with Crippen molar-refractivity contribution < 1.29 is 4.79 Å². The zero-order valence-corrected chi connectivity index (χ0v) is 11.7. The van der Waals surface area contributed by atoms with Gasteiger partial charge in [0, 0.05) is 6.54 Å². The lowest BCUT2D eigenvalue weighted by Gasteiger charge is -2.06. The monoisotopic (exact) mass is 261 g/mol. The number of aromatic amines is 1. The fourth-order valence-corrected chi connectivity index (χ4v) is 1.98. The summed E-state index contributed by atoms with van der Waals surface area (Å²) in [6.07, 6.45) is 0.817. The molecule has 0 bridgehead atoms. The number of carbonyl (C=O) groups is 1. The number of carbonyl (C=O) groups excluding carboxylic acids is 1. The number of nitrogens with one attached hydrogen (secondary N) is 2. The number of aryl methyl sites for hydroxylation is 4. The Labute approximate surface area is 112 Å². The molecule has 19 heavy (non-hydrogen) atoms. The van der Waals surface area contributed by atoms with Crippen LogP contribution in [0.5, 0.6) is 0 Å². The van der Waals surface area contributed by atoms with Gasteiger partial charge in [0.05, 0.1) is 22.8 Å².